The molecule has 0 saturated heterocycles. The molecule has 0 aromatic carbocycles. The minimum Gasteiger partial charge on any atom is -0.352 e. The van der Waals surface area contributed by atoms with Crippen LogP contribution in [0.1, 0.15) is 28.1 Å². The molecule has 0 bridgehead atoms. The van der Waals surface area contributed by atoms with E-state index in [0.29, 0.717) is 5.57 Å². The Bertz CT molecular complexity index is 134. The largest absolute Gasteiger partial charge is 0.352 e. The number of carbonyl (C=O) groups is 1. The van der Waals surface area contributed by atoms with E-state index >= 15 is 0 Å². The Kier molecular flexibility index (Phi) is 4.63. The number of rotatable bonds is 4. The third-order valence-electron chi connectivity index (χ3n) is 1.20. The van der Waals surface area contributed by atoms with E-state index in [0.717, 1.165) is 19.4 Å². The van der Waals surface area contributed by atoms with Gasteiger partial charge in [0.1, 0.15) is 0 Å². The fraction of sp³-hybridized carbons (Fsp3) is 0.625. The van der Waals surface area contributed by atoms with Crippen molar-refractivity contribution in [3.63, 3.8) is 0 Å². The topological polar surface area (TPSA) is 29.1 Å². The van der Waals surface area contributed by atoms with Gasteiger partial charge in [0.25, 0.3) is 0 Å². The van der Waals surface area contributed by atoms with Gasteiger partial charge >= 0.3 is 0 Å². The second-order valence-corrected chi connectivity index (χ2v) is 2.39. The number of carbonyl (C=O) groups excluding carboxylic acids is 1. The molecule has 0 aromatic heterocycles. The van der Waals surface area contributed by atoms with Gasteiger partial charge in [-0.25, -0.2) is 0 Å². The molecule has 0 aliphatic rings. The third-order valence-corrected chi connectivity index (χ3v) is 1.20. The van der Waals surface area contributed by atoms with Crippen molar-refractivity contribution in [2.75, 3.05) is 6.54 Å². The predicted molar refractivity (Wildman–Crippen MR) is 44.8 cm³/mol. The number of hydrogen-bond donors (Lipinski definition) is 1. The van der Waals surface area contributed by atoms with E-state index < -0.39 is 0 Å². The maximum atomic E-state index is 10.8. The van der Waals surface area contributed by atoms with Crippen LogP contribution in [0.4, 0.5) is 0 Å². The van der Waals surface area contributed by atoms with E-state index in [9.17, 15) is 4.79 Å². The zero-order valence-electron chi connectivity index (χ0n) is 6.74. The Labute approximate surface area is 63.8 Å². The summed E-state index contributed by atoms with van der Waals surface area (Å²) in [4.78, 5) is 10.8. The summed E-state index contributed by atoms with van der Waals surface area (Å²) < 4.78 is 0. The van der Waals surface area contributed by atoms with Crippen LogP contribution in [-0.2, 0) is 4.79 Å². The Morgan fingerprint density at radius 3 is 2.70 bits per heavy atom. The highest BCUT2D eigenvalue weighted by Gasteiger charge is 1.97. The van der Waals surface area contributed by atoms with Crippen LogP contribution in [0, 0.1) is 0 Å². The Morgan fingerprint density at radius 2 is 2.30 bits per heavy atom. The molecule has 0 spiro atoms. The minimum absolute atomic E-state index is 0. The van der Waals surface area contributed by atoms with Crippen molar-refractivity contribution in [3.05, 3.63) is 12.2 Å². The smallest absolute Gasteiger partial charge is 0.246 e. The summed E-state index contributed by atoms with van der Waals surface area (Å²) in [7, 11) is 0. The first-order valence-corrected chi connectivity index (χ1v) is 3.62. The molecule has 0 aliphatic heterocycles. The summed E-state index contributed by atoms with van der Waals surface area (Å²) in [6, 6.07) is 0. The molecule has 2 nitrogen and oxygen atoms in total. The molecule has 0 heterocycles. The van der Waals surface area contributed by atoms with Crippen LogP contribution in [-0.4, -0.2) is 12.5 Å². The highest BCUT2D eigenvalue weighted by Crippen LogP contribution is 1.87. The summed E-state index contributed by atoms with van der Waals surface area (Å²) in [5.41, 5.74) is 0.580. The zero-order chi connectivity index (χ0) is 7.98. The lowest BCUT2D eigenvalue weighted by Gasteiger charge is -2.01. The summed E-state index contributed by atoms with van der Waals surface area (Å²) in [5, 5.41) is 2.74. The normalized spacial score (nSPS) is 9.00. The SMILES string of the molecule is C=C(C)C(=O)NCCCC.[HH]. The van der Waals surface area contributed by atoms with Crippen LogP contribution in [0.5, 0.6) is 0 Å². The van der Waals surface area contributed by atoms with E-state index in [4.69, 9.17) is 0 Å². The van der Waals surface area contributed by atoms with Crippen molar-refractivity contribution >= 4 is 5.91 Å². The van der Waals surface area contributed by atoms with Gasteiger partial charge in [-0.15, -0.1) is 0 Å². The van der Waals surface area contributed by atoms with E-state index in [1.54, 1.807) is 6.92 Å². The number of hydrogen-bond acceptors (Lipinski definition) is 1. The van der Waals surface area contributed by atoms with Crippen molar-refractivity contribution in [2.24, 2.45) is 0 Å². The fourth-order valence-corrected chi connectivity index (χ4v) is 0.530. The molecular formula is C8H17NO. The monoisotopic (exact) mass is 143 g/mol. The molecular weight excluding hydrogens is 126 g/mol. The van der Waals surface area contributed by atoms with Crippen molar-refractivity contribution in [1.82, 2.24) is 5.32 Å². The van der Waals surface area contributed by atoms with Gasteiger partial charge in [0.2, 0.25) is 5.91 Å². The average Bonchev–Trinajstić information content (AvgIpc) is 1.88. The summed E-state index contributed by atoms with van der Waals surface area (Å²) >= 11 is 0. The second-order valence-electron chi connectivity index (χ2n) is 2.39. The third kappa shape index (κ3) is 4.13. The van der Waals surface area contributed by atoms with Crippen LogP contribution in [0.25, 0.3) is 0 Å². The summed E-state index contributed by atoms with van der Waals surface area (Å²) in [5.74, 6) is -0.0338. The molecule has 1 amide bonds. The predicted octanol–water partition coefficient (Wildman–Crippen LogP) is 1.72. The first-order valence-electron chi connectivity index (χ1n) is 3.62. The first-order chi connectivity index (χ1) is 4.68. The molecule has 0 atom stereocenters. The van der Waals surface area contributed by atoms with Gasteiger partial charge in [-0.1, -0.05) is 19.9 Å². The van der Waals surface area contributed by atoms with Gasteiger partial charge in [0.05, 0.1) is 0 Å². The Balaban J connectivity index is 0. The van der Waals surface area contributed by atoms with Gasteiger partial charge in [-0.3, -0.25) is 4.79 Å². The standard InChI is InChI=1S/C8H15NO.H2/c1-4-5-6-9-8(10)7(2)3;/h2,4-6H2,1,3H3,(H,9,10);1H. The summed E-state index contributed by atoms with van der Waals surface area (Å²) in [6.07, 6.45) is 2.15. The van der Waals surface area contributed by atoms with E-state index in [-0.39, 0.29) is 7.33 Å². The maximum absolute atomic E-state index is 10.8. The van der Waals surface area contributed by atoms with E-state index in [1.165, 1.54) is 0 Å². The molecule has 0 saturated carbocycles. The number of nitrogens with one attached hydrogen (secondary N) is 1. The second kappa shape index (κ2) is 5.03. The van der Waals surface area contributed by atoms with Crippen LogP contribution < -0.4 is 5.32 Å². The highest BCUT2D eigenvalue weighted by molar-refractivity contribution is 5.91. The molecule has 2 heteroatoms. The Hall–Kier alpha value is -0.790. The molecule has 0 aromatic rings. The van der Waals surface area contributed by atoms with Crippen LogP contribution in [0.3, 0.4) is 0 Å². The molecule has 0 unspecified atom stereocenters. The van der Waals surface area contributed by atoms with Gasteiger partial charge in [0.15, 0.2) is 0 Å². The van der Waals surface area contributed by atoms with Crippen molar-refractivity contribution < 1.29 is 6.22 Å². The molecule has 0 aliphatic carbocycles. The van der Waals surface area contributed by atoms with Crippen molar-refractivity contribution in [1.29, 1.82) is 0 Å². The van der Waals surface area contributed by atoms with Crippen LogP contribution in [0.2, 0.25) is 0 Å². The highest BCUT2D eigenvalue weighted by atomic mass is 16.1. The molecule has 10 heavy (non-hydrogen) atoms. The number of unbranched alkanes of at least 4 members (excludes halogenated alkanes) is 1. The van der Waals surface area contributed by atoms with Crippen LogP contribution >= 0.6 is 0 Å². The molecule has 0 radical (unpaired) electrons. The lowest BCUT2D eigenvalue weighted by molar-refractivity contribution is -0.117. The summed E-state index contributed by atoms with van der Waals surface area (Å²) in [6.45, 7) is 8.09. The van der Waals surface area contributed by atoms with Gasteiger partial charge < -0.3 is 5.32 Å². The quantitative estimate of drug-likeness (QED) is 0.471. The van der Waals surface area contributed by atoms with Gasteiger partial charge in [0, 0.05) is 13.5 Å². The lowest BCUT2D eigenvalue weighted by atomic mass is 10.3. The van der Waals surface area contributed by atoms with Gasteiger partial charge in [-0.05, 0) is 13.3 Å². The molecule has 0 rings (SSSR count). The maximum Gasteiger partial charge on any atom is 0.246 e. The fourth-order valence-electron chi connectivity index (χ4n) is 0.530. The van der Waals surface area contributed by atoms with E-state index in [2.05, 4.69) is 18.8 Å². The van der Waals surface area contributed by atoms with Crippen LogP contribution in [0.15, 0.2) is 12.2 Å². The lowest BCUT2D eigenvalue weighted by Crippen LogP contribution is -2.24. The van der Waals surface area contributed by atoms with E-state index in [1.807, 2.05) is 0 Å². The minimum atomic E-state index is -0.0338. The van der Waals surface area contributed by atoms with Gasteiger partial charge in [-0.2, -0.15) is 0 Å². The molecule has 0 fully saturated rings. The average molecular weight is 143 g/mol. The number of amides is 1. The first kappa shape index (κ1) is 9.21. The zero-order valence-corrected chi connectivity index (χ0v) is 6.74. The van der Waals surface area contributed by atoms with Crippen molar-refractivity contribution in [3.8, 4) is 0 Å². The van der Waals surface area contributed by atoms with Crippen molar-refractivity contribution in [2.45, 2.75) is 26.7 Å². The Morgan fingerprint density at radius 1 is 1.70 bits per heavy atom. The molecule has 1 N–H and O–H groups in total. The molecule has 60 valence electrons.